The van der Waals surface area contributed by atoms with Crippen molar-refractivity contribution in [3.8, 4) is 0 Å². The zero-order valence-electron chi connectivity index (χ0n) is 35.3. The molecule has 4 N–H and O–H groups in total. The molecule has 0 saturated heterocycles. The molecule has 328 valence electrons. The van der Waals surface area contributed by atoms with Gasteiger partial charge in [-0.1, -0.05) is 137 Å². The number of phosphoric acid groups is 1. The van der Waals surface area contributed by atoms with Crippen molar-refractivity contribution in [3.05, 3.63) is 97.2 Å². The van der Waals surface area contributed by atoms with Gasteiger partial charge in [0.25, 0.3) is 0 Å². The summed E-state index contributed by atoms with van der Waals surface area (Å²) in [5.74, 6) is -2.50. The third kappa shape index (κ3) is 39.2. The summed E-state index contributed by atoms with van der Waals surface area (Å²) in [7, 11) is -4.74. The molecule has 0 spiro atoms. The topological polar surface area (TPSA) is 172 Å². The summed E-state index contributed by atoms with van der Waals surface area (Å²) in [5.41, 5.74) is 5.32. The Kier molecular flexibility index (Phi) is 37.7. The zero-order valence-corrected chi connectivity index (χ0v) is 36.2. The summed E-state index contributed by atoms with van der Waals surface area (Å²) >= 11 is 0. The van der Waals surface area contributed by atoms with Crippen molar-refractivity contribution in [2.24, 2.45) is 5.73 Å². The van der Waals surface area contributed by atoms with E-state index in [1.54, 1.807) is 0 Å². The molecule has 0 heterocycles. The van der Waals surface area contributed by atoms with E-state index in [9.17, 15) is 23.8 Å². The lowest BCUT2D eigenvalue weighted by Crippen LogP contribution is -2.34. The fourth-order valence-corrected chi connectivity index (χ4v) is 5.77. The molecule has 0 saturated carbocycles. The molecular weight excluding hydrogens is 757 g/mol. The Hall–Kier alpha value is -3.60. The molecule has 58 heavy (non-hydrogen) atoms. The summed E-state index contributed by atoms with van der Waals surface area (Å²) in [6.45, 7) is 2.55. The van der Waals surface area contributed by atoms with Gasteiger partial charge in [-0.15, -0.1) is 0 Å². The van der Waals surface area contributed by atoms with Crippen molar-refractivity contribution >= 4 is 25.7 Å². The van der Waals surface area contributed by atoms with Crippen molar-refractivity contribution in [1.29, 1.82) is 0 Å². The molecule has 0 aliphatic rings. The average Bonchev–Trinajstić information content (AvgIpc) is 3.20. The number of unbranched alkanes of at least 4 members (excludes halogenated alkanes) is 8. The second kappa shape index (κ2) is 40.2. The van der Waals surface area contributed by atoms with Gasteiger partial charge in [-0.25, -0.2) is 4.57 Å². The van der Waals surface area contributed by atoms with Gasteiger partial charge >= 0.3 is 25.7 Å². The SMILES string of the molecule is CC/C=C\C/C=C\C/C=C\C/C=C\CCCCCCC(=O)O[C@H](COC(=O)CCC/C=C\C/C=C\C/C=C\C/C=C\CCCCC)COP(=O)(O)OC[C@H](N)C(=O)O. The lowest BCUT2D eigenvalue weighted by atomic mass is 10.1. The number of allylic oxidation sites excluding steroid dienone is 16. The van der Waals surface area contributed by atoms with Gasteiger partial charge < -0.3 is 25.2 Å². The van der Waals surface area contributed by atoms with Crippen molar-refractivity contribution in [2.75, 3.05) is 19.8 Å². The molecule has 0 aliphatic carbocycles. The van der Waals surface area contributed by atoms with E-state index in [-0.39, 0.29) is 12.8 Å². The van der Waals surface area contributed by atoms with Crippen LogP contribution in [-0.2, 0) is 37.5 Å². The van der Waals surface area contributed by atoms with Crippen molar-refractivity contribution in [1.82, 2.24) is 0 Å². The van der Waals surface area contributed by atoms with Crippen LogP contribution in [0.15, 0.2) is 97.2 Å². The van der Waals surface area contributed by atoms with Gasteiger partial charge in [0.05, 0.1) is 13.2 Å². The number of esters is 2. The van der Waals surface area contributed by atoms with E-state index < -0.39 is 57.7 Å². The third-order valence-electron chi connectivity index (χ3n) is 8.32. The highest BCUT2D eigenvalue weighted by Crippen LogP contribution is 2.43. The van der Waals surface area contributed by atoms with Crippen LogP contribution in [0.4, 0.5) is 0 Å². The van der Waals surface area contributed by atoms with E-state index in [4.69, 9.17) is 24.8 Å². The van der Waals surface area contributed by atoms with Crippen molar-refractivity contribution in [2.45, 2.75) is 154 Å². The number of carbonyl (C=O) groups excluding carboxylic acids is 2. The van der Waals surface area contributed by atoms with E-state index in [1.807, 2.05) is 12.2 Å². The second-order valence-corrected chi connectivity index (χ2v) is 15.2. The smallest absolute Gasteiger partial charge is 0.472 e. The number of rotatable bonds is 38. The minimum atomic E-state index is -4.74. The fourth-order valence-electron chi connectivity index (χ4n) is 4.99. The number of hydrogen-bond donors (Lipinski definition) is 3. The van der Waals surface area contributed by atoms with Gasteiger partial charge in [0.1, 0.15) is 12.6 Å². The fraction of sp³-hybridized carbons (Fsp3) is 0.587. The van der Waals surface area contributed by atoms with Crippen LogP contribution < -0.4 is 5.73 Å². The highest BCUT2D eigenvalue weighted by atomic mass is 31.2. The normalized spacial score (nSPS) is 14.7. The predicted molar refractivity (Wildman–Crippen MR) is 235 cm³/mol. The Morgan fingerprint density at radius 3 is 1.48 bits per heavy atom. The van der Waals surface area contributed by atoms with E-state index in [0.29, 0.717) is 19.3 Å². The highest BCUT2D eigenvalue weighted by molar-refractivity contribution is 7.47. The standard InChI is InChI=1S/C46H74NO10P/c1-3-5-7-9-11-13-15-17-19-21-23-25-27-29-31-33-35-37-44(48)54-39-42(40-55-58(52,53)56-41-43(47)46(50)51)57-45(49)38-36-34-32-30-28-26-24-22-20-18-16-14-12-10-8-6-4-2/h6,8,11-14,17-20,23-26,29,31,42-43H,3-5,7,9-10,15-16,21-22,27-28,30,32-41,47H2,1-2H3,(H,50,51)(H,52,53)/b8-6-,13-11-,14-12-,19-17-,20-18-,25-23-,26-24-,31-29-/t42-,43+/m1/s1. The number of nitrogens with two attached hydrogens (primary N) is 1. The summed E-state index contributed by atoms with van der Waals surface area (Å²) in [5, 5.41) is 8.89. The maximum absolute atomic E-state index is 12.6. The molecule has 0 aromatic carbocycles. The minimum Gasteiger partial charge on any atom is -0.480 e. The molecule has 1 unspecified atom stereocenters. The number of ether oxygens (including phenoxy) is 2. The molecule has 0 aliphatic heterocycles. The van der Waals surface area contributed by atoms with Gasteiger partial charge in [0, 0.05) is 12.8 Å². The van der Waals surface area contributed by atoms with Gasteiger partial charge in [-0.2, -0.15) is 0 Å². The van der Waals surface area contributed by atoms with Crippen LogP contribution in [0.5, 0.6) is 0 Å². The van der Waals surface area contributed by atoms with Crippen LogP contribution in [0, 0.1) is 0 Å². The van der Waals surface area contributed by atoms with E-state index in [1.165, 1.54) is 19.3 Å². The molecule has 11 nitrogen and oxygen atoms in total. The third-order valence-corrected chi connectivity index (χ3v) is 9.27. The summed E-state index contributed by atoms with van der Waals surface area (Å²) < 4.78 is 32.6. The largest absolute Gasteiger partial charge is 0.480 e. The predicted octanol–water partition coefficient (Wildman–Crippen LogP) is 11.3. The van der Waals surface area contributed by atoms with Crippen LogP contribution in [0.3, 0.4) is 0 Å². The van der Waals surface area contributed by atoms with Gasteiger partial charge in [0.15, 0.2) is 6.10 Å². The maximum Gasteiger partial charge on any atom is 0.472 e. The van der Waals surface area contributed by atoms with Crippen molar-refractivity contribution < 1.29 is 47.5 Å². The molecule has 12 heteroatoms. The Morgan fingerprint density at radius 1 is 0.552 bits per heavy atom. The number of carboxylic acid groups (broad SMARTS) is 1. The lowest BCUT2D eigenvalue weighted by Gasteiger charge is -2.20. The summed E-state index contributed by atoms with van der Waals surface area (Å²) in [6.07, 6.45) is 50.5. The van der Waals surface area contributed by atoms with Crippen LogP contribution >= 0.6 is 7.82 Å². The molecule has 0 amide bonds. The summed E-state index contributed by atoms with van der Waals surface area (Å²) in [6, 6.07) is -1.54. The molecule has 3 atom stereocenters. The van der Waals surface area contributed by atoms with Crippen LogP contribution in [0.25, 0.3) is 0 Å². The van der Waals surface area contributed by atoms with Crippen LogP contribution in [-0.4, -0.2) is 59.9 Å². The maximum atomic E-state index is 12.6. The van der Waals surface area contributed by atoms with Crippen LogP contribution in [0.2, 0.25) is 0 Å². The van der Waals surface area contributed by atoms with Gasteiger partial charge in [0.2, 0.25) is 0 Å². The van der Waals surface area contributed by atoms with E-state index >= 15 is 0 Å². The average molecular weight is 832 g/mol. The van der Waals surface area contributed by atoms with E-state index in [0.717, 1.165) is 77.0 Å². The molecule has 0 rings (SSSR count). The molecular formula is C46H74NO10P. The number of hydrogen-bond acceptors (Lipinski definition) is 9. The first-order valence-electron chi connectivity index (χ1n) is 21.3. The van der Waals surface area contributed by atoms with Crippen molar-refractivity contribution in [3.63, 3.8) is 0 Å². The second-order valence-electron chi connectivity index (χ2n) is 13.7. The first-order valence-corrected chi connectivity index (χ1v) is 22.8. The number of carboxylic acids is 1. The molecule has 0 fully saturated rings. The summed E-state index contributed by atoms with van der Waals surface area (Å²) in [4.78, 5) is 45.9. The number of aliphatic carboxylic acids is 1. The monoisotopic (exact) mass is 832 g/mol. The Balaban J connectivity index is 4.54. The van der Waals surface area contributed by atoms with Crippen LogP contribution in [0.1, 0.15) is 142 Å². The Labute approximate surface area is 349 Å². The van der Waals surface area contributed by atoms with E-state index in [2.05, 4.69) is 103 Å². The highest BCUT2D eigenvalue weighted by Gasteiger charge is 2.28. The first kappa shape index (κ1) is 54.4. The number of carbonyl (C=O) groups is 3. The number of phosphoric ester groups is 1. The molecule has 0 radical (unpaired) electrons. The zero-order chi connectivity index (χ0) is 42.8. The Morgan fingerprint density at radius 2 is 0.983 bits per heavy atom. The first-order chi connectivity index (χ1) is 28.1. The molecule has 0 aromatic rings. The van der Waals surface area contributed by atoms with Gasteiger partial charge in [-0.05, 0) is 89.9 Å². The lowest BCUT2D eigenvalue weighted by molar-refractivity contribution is -0.161. The quantitative estimate of drug-likeness (QED) is 0.0234. The molecule has 0 aromatic heterocycles. The molecule has 0 bridgehead atoms. The Bertz CT molecular complexity index is 1350. The van der Waals surface area contributed by atoms with Gasteiger partial charge in [-0.3, -0.25) is 23.4 Å². The minimum absolute atomic E-state index is 0.115.